The fraction of sp³-hybridized carbons (Fsp3) is 0.200. The minimum absolute atomic E-state index is 0.288. The summed E-state index contributed by atoms with van der Waals surface area (Å²) in [4.78, 5) is 0.288. The van der Waals surface area contributed by atoms with E-state index in [4.69, 9.17) is 0 Å². The van der Waals surface area contributed by atoms with Crippen molar-refractivity contribution in [3.63, 3.8) is 0 Å². The first kappa shape index (κ1) is 13.6. The summed E-state index contributed by atoms with van der Waals surface area (Å²) >= 11 is 0. The van der Waals surface area contributed by atoms with Crippen LogP contribution in [0.25, 0.3) is 0 Å². The van der Waals surface area contributed by atoms with Gasteiger partial charge >= 0.3 is 0 Å². The SMILES string of the molecule is CCCc1ccc(S(=O)(=O)Nc2ccccc2)cc1. The largest absolute Gasteiger partial charge is 0.280 e. The summed E-state index contributed by atoms with van der Waals surface area (Å²) in [5, 5.41) is 0. The van der Waals surface area contributed by atoms with Crippen LogP contribution in [0.1, 0.15) is 18.9 Å². The van der Waals surface area contributed by atoms with Crippen molar-refractivity contribution in [2.75, 3.05) is 4.72 Å². The second-order valence-corrected chi connectivity index (χ2v) is 6.05. The summed E-state index contributed by atoms with van der Waals surface area (Å²) < 4.78 is 26.9. The smallest absolute Gasteiger partial charge is 0.261 e. The molecule has 0 aromatic heterocycles. The van der Waals surface area contributed by atoms with Gasteiger partial charge in [0.15, 0.2) is 0 Å². The highest BCUT2D eigenvalue weighted by atomic mass is 32.2. The molecule has 1 N–H and O–H groups in total. The zero-order valence-corrected chi connectivity index (χ0v) is 11.7. The second kappa shape index (κ2) is 5.89. The Balaban J connectivity index is 2.20. The predicted molar refractivity (Wildman–Crippen MR) is 77.7 cm³/mol. The molecule has 0 aliphatic heterocycles. The van der Waals surface area contributed by atoms with E-state index in [2.05, 4.69) is 11.6 Å². The van der Waals surface area contributed by atoms with E-state index in [1.54, 1.807) is 36.4 Å². The number of benzene rings is 2. The van der Waals surface area contributed by atoms with E-state index in [0.29, 0.717) is 5.69 Å². The predicted octanol–water partition coefficient (Wildman–Crippen LogP) is 3.44. The Morgan fingerprint density at radius 1 is 0.947 bits per heavy atom. The van der Waals surface area contributed by atoms with Crippen LogP contribution in [-0.4, -0.2) is 8.42 Å². The molecule has 0 heterocycles. The fourth-order valence-electron chi connectivity index (χ4n) is 1.84. The number of sulfonamides is 1. The highest BCUT2D eigenvalue weighted by Crippen LogP contribution is 2.16. The Bertz CT molecular complexity index is 619. The van der Waals surface area contributed by atoms with Crippen LogP contribution in [-0.2, 0) is 16.4 Å². The molecule has 0 aliphatic rings. The third-order valence-electron chi connectivity index (χ3n) is 2.80. The van der Waals surface area contributed by atoms with Gasteiger partial charge in [0.1, 0.15) is 0 Å². The van der Waals surface area contributed by atoms with Crippen molar-refractivity contribution < 1.29 is 8.42 Å². The molecule has 2 rings (SSSR count). The van der Waals surface area contributed by atoms with E-state index in [1.165, 1.54) is 0 Å². The first-order valence-corrected chi connectivity index (χ1v) is 7.77. The van der Waals surface area contributed by atoms with Gasteiger partial charge in [0.05, 0.1) is 4.90 Å². The molecule has 0 saturated carbocycles. The summed E-state index contributed by atoms with van der Waals surface area (Å²) in [6.07, 6.45) is 2.01. The van der Waals surface area contributed by atoms with E-state index >= 15 is 0 Å². The second-order valence-electron chi connectivity index (χ2n) is 4.37. The third-order valence-corrected chi connectivity index (χ3v) is 4.20. The van der Waals surface area contributed by atoms with E-state index < -0.39 is 10.0 Å². The standard InChI is InChI=1S/C15H17NO2S/c1-2-6-13-9-11-15(12-10-13)19(17,18)16-14-7-4-3-5-8-14/h3-5,7-12,16H,2,6H2,1H3. The highest BCUT2D eigenvalue weighted by Gasteiger charge is 2.13. The van der Waals surface area contributed by atoms with Crippen LogP contribution in [0, 0.1) is 0 Å². The number of aryl methyl sites for hydroxylation is 1. The van der Waals surface area contributed by atoms with Gasteiger partial charge in [0, 0.05) is 5.69 Å². The molecular formula is C15H17NO2S. The molecule has 0 radical (unpaired) electrons. The van der Waals surface area contributed by atoms with Crippen molar-refractivity contribution in [1.82, 2.24) is 0 Å². The third kappa shape index (κ3) is 3.58. The highest BCUT2D eigenvalue weighted by molar-refractivity contribution is 7.92. The van der Waals surface area contributed by atoms with Crippen LogP contribution in [0.5, 0.6) is 0 Å². The molecule has 0 atom stereocenters. The maximum atomic E-state index is 12.2. The minimum Gasteiger partial charge on any atom is -0.280 e. The van der Waals surface area contributed by atoms with Gasteiger partial charge in [-0.2, -0.15) is 0 Å². The molecular weight excluding hydrogens is 258 g/mol. The number of hydrogen-bond acceptors (Lipinski definition) is 2. The van der Waals surface area contributed by atoms with E-state index in [1.807, 2.05) is 18.2 Å². The molecule has 4 heteroatoms. The van der Waals surface area contributed by atoms with E-state index in [9.17, 15) is 8.42 Å². The Kier molecular flexibility index (Phi) is 4.22. The summed E-state index contributed by atoms with van der Waals surface area (Å²) in [5.41, 5.74) is 1.72. The van der Waals surface area contributed by atoms with Crippen LogP contribution in [0.3, 0.4) is 0 Å². The average molecular weight is 275 g/mol. The van der Waals surface area contributed by atoms with Crippen molar-refractivity contribution in [2.24, 2.45) is 0 Å². The molecule has 100 valence electrons. The number of hydrogen-bond donors (Lipinski definition) is 1. The van der Waals surface area contributed by atoms with Crippen molar-refractivity contribution in [3.8, 4) is 0 Å². The van der Waals surface area contributed by atoms with Crippen molar-refractivity contribution >= 4 is 15.7 Å². The van der Waals surface area contributed by atoms with Gasteiger partial charge in [-0.3, -0.25) is 4.72 Å². The first-order chi connectivity index (χ1) is 9.12. The topological polar surface area (TPSA) is 46.2 Å². The zero-order chi connectivity index (χ0) is 13.7. The number of rotatable bonds is 5. The fourth-order valence-corrected chi connectivity index (χ4v) is 2.90. The van der Waals surface area contributed by atoms with Gasteiger partial charge in [-0.15, -0.1) is 0 Å². The van der Waals surface area contributed by atoms with Crippen LogP contribution in [0.15, 0.2) is 59.5 Å². The van der Waals surface area contributed by atoms with Gasteiger partial charge < -0.3 is 0 Å². The number of para-hydroxylation sites is 1. The van der Waals surface area contributed by atoms with E-state index in [-0.39, 0.29) is 4.90 Å². The Morgan fingerprint density at radius 2 is 1.58 bits per heavy atom. The number of anilines is 1. The Morgan fingerprint density at radius 3 is 2.16 bits per heavy atom. The zero-order valence-electron chi connectivity index (χ0n) is 10.8. The minimum atomic E-state index is -3.50. The molecule has 2 aromatic carbocycles. The van der Waals surface area contributed by atoms with Gasteiger partial charge in [-0.25, -0.2) is 8.42 Å². The summed E-state index contributed by atoms with van der Waals surface area (Å²) in [6.45, 7) is 2.10. The molecule has 0 saturated heterocycles. The van der Waals surface area contributed by atoms with Crippen LogP contribution >= 0.6 is 0 Å². The molecule has 0 spiro atoms. The molecule has 3 nitrogen and oxygen atoms in total. The quantitative estimate of drug-likeness (QED) is 0.908. The van der Waals surface area contributed by atoms with Gasteiger partial charge in [0.25, 0.3) is 10.0 Å². The van der Waals surface area contributed by atoms with Gasteiger partial charge in [-0.1, -0.05) is 43.7 Å². The maximum absolute atomic E-state index is 12.2. The molecule has 19 heavy (non-hydrogen) atoms. The lowest BCUT2D eigenvalue weighted by atomic mass is 10.1. The van der Waals surface area contributed by atoms with Crippen molar-refractivity contribution in [2.45, 2.75) is 24.7 Å². The molecule has 0 aliphatic carbocycles. The molecule has 2 aromatic rings. The van der Waals surface area contributed by atoms with Gasteiger partial charge in [-0.05, 0) is 36.2 Å². The molecule has 0 fully saturated rings. The monoisotopic (exact) mass is 275 g/mol. The number of nitrogens with one attached hydrogen (secondary N) is 1. The Labute approximate surface area is 114 Å². The van der Waals surface area contributed by atoms with Gasteiger partial charge in [0.2, 0.25) is 0 Å². The van der Waals surface area contributed by atoms with Crippen molar-refractivity contribution in [1.29, 1.82) is 0 Å². The normalized spacial score (nSPS) is 11.2. The summed E-state index contributed by atoms with van der Waals surface area (Å²) in [7, 11) is -3.50. The van der Waals surface area contributed by atoms with Crippen LogP contribution in [0.4, 0.5) is 5.69 Å². The summed E-state index contributed by atoms with van der Waals surface area (Å²) in [5.74, 6) is 0. The van der Waals surface area contributed by atoms with Crippen LogP contribution in [0.2, 0.25) is 0 Å². The summed E-state index contributed by atoms with van der Waals surface area (Å²) in [6, 6.07) is 15.9. The Hall–Kier alpha value is -1.81. The lowest BCUT2D eigenvalue weighted by molar-refractivity contribution is 0.601. The lowest BCUT2D eigenvalue weighted by Gasteiger charge is -2.08. The molecule has 0 unspecified atom stereocenters. The maximum Gasteiger partial charge on any atom is 0.261 e. The van der Waals surface area contributed by atoms with Crippen molar-refractivity contribution in [3.05, 3.63) is 60.2 Å². The van der Waals surface area contributed by atoms with E-state index in [0.717, 1.165) is 18.4 Å². The average Bonchev–Trinajstić information content (AvgIpc) is 2.40. The molecule has 0 amide bonds. The van der Waals surface area contributed by atoms with Crippen LogP contribution < -0.4 is 4.72 Å². The molecule has 0 bridgehead atoms. The lowest BCUT2D eigenvalue weighted by Crippen LogP contribution is -2.12. The first-order valence-electron chi connectivity index (χ1n) is 6.28.